The number of β-amino-alcohol motifs (C(OH)–C–C–N with tert-alkyl or cyclic N) is 1. The van der Waals surface area contributed by atoms with Crippen LogP contribution in [-0.4, -0.2) is 34.3 Å². The van der Waals surface area contributed by atoms with Gasteiger partial charge in [0.1, 0.15) is 28.2 Å². The van der Waals surface area contributed by atoms with Crippen molar-refractivity contribution < 1.29 is 14.6 Å². The fraction of sp³-hybridized carbons (Fsp3) is 0.238. The summed E-state index contributed by atoms with van der Waals surface area (Å²) in [7, 11) is 0. The number of nitroso groups, excluding NO2 is 1. The summed E-state index contributed by atoms with van der Waals surface area (Å²) in [6.07, 6.45) is 1.32. The van der Waals surface area contributed by atoms with E-state index in [1.807, 2.05) is 6.19 Å². The molecule has 152 valence electrons. The molecule has 1 fully saturated rings. The zero-order valence-electron chi connectivity index (χ0n) is 15.6. The number of aliphatic hydroxyl groups is 1. The molecule has 0 aliphatic carbocycles. The fourth-order valence-corrected chi connectivity index (χ4v) is 4.14. The van der Waals surface area contributed by atoms with Crippen molar-refractivity contribution in [1.82, 2.24) is 4.90 Å². The van der Waals surface area contributed by atoms with Crippen molar-refractivity contribution in [3.8, 4) is 23.3 Å². The number of phenols is 1. The van der Waals surface area contributed by atoms with Gasteiger partial charge in [0.15, 0.2) is 11.6 Å². The molecular formula is C21H16ClN3O5. The van der Waals surface area contributed by atoms with Crippen LogP contribution in [0.3, 0.4) is 0 Å². The van der Waals surface area contributed by atoms with Gasteiger partial charge in [0.25, 0.3) is 0 Å². The predicted molar refractivity (Wildman–Crippen MR) is 111 cm³/mol. The number of hydrogen-bond donors (Lipinski definition) is 2. The van der Waals surface area contributed by atoms with Crippen molar-refractivity contribution in [3.63, 3.8) is 0 Å². The summed E-state index contributed by atoms with van der Waals surface area (Å²) in [5, 5.41) is 33.3. The second kappa shape index (κ2) is 7.78. The third-order valence-electron chi connectivity index (χ3n) is 5.33. The van der Waals surface area contributed by atoms with Gasteiger partial charge in [0.2, 0.25) is 0 Å². The maximum Gasteiger partial charge on any atom is 0.197 e. The van der Waals surface area contributed by atoms with Crippen LogP contribution in [0.4, 0.5) is 5.69 Å². The Bertz CT molecular complexity index is 1250. The normalized spacial score (nSPS) is 18.9. The highest BCUT2D eigenvalue weighted by Gasteiger charge is 2.34. The van der Waals surface area contributed by atoms with Crippen molar-refractivity contribution in [2.45, 2.75) is 18.4 Å². The Kier molecular flexibility index (Phi) is 5.16. The van der Waals surface area contributed by atoms with Crippen LogP contribution in [0, 0.1) is 16.4 Å². The van der Waals surface area contributed by atoms with E-state index >= 15 is 0 Å². The van der Waals surface area contributed by atoms with E-state index in [2.05, 4.69) is 5.18 Å². The highest BCUT2D eigenvalue weighted by atomic mass is 35.5. The Morgan fingerprint density at radius 3 is 2.73 bits per heavy atom. The van der Waals surface area contributed by atoms with E-state index in [9.17, 15) is 19.9 Å². The molecule has 1 aliphatic heterocycles. The number of likely N-dealkylation sites (tertiary alicyclic amines) is 1. The Balaban J connectivity index is 2.00. The molecule has 1 aliphatic rings. The first-order valence-electron chi connectivity index (χ1n) is 9.19. The summed E-state index contributed by atoms with van der Waals surface area (Å²) < 4.78 is 5.99. The molecule has 1 saturated heterocycles. The third kappa shape index (κ3) is 3.28. The van der Waals surface area contributed by atoms with Crippen molar-refractivity contribution >= 4 is 28.3 Å². The Labute approximate surface area is 175 Å². The second-order valence-electron chi connectivity index (χ2n) is 7.09. The molecule has 0 radical (unpaired) electrons. The number of phenolic OH excluding ortho intramolecular Hbond substituents is 1. The van der Waals surface area contributed by atoms with Crippen LogP contribution in [0.25, 0.3) is 22.3 Å². The number of fused-ring (bicyclic) bond motifs is 1. The van der Waals surface area contributed by atoms with Crippen LogP contribution in [0.5, 0.6) is 5.75 Å². The zero-order valence-corrected chi connectivity index (χ0v) is 16.3. The average Bonchev–Trinajstić information content (AvgIpc) is 2.73. The number of hydrogen-bond acceptors (Lipinski definition) is 8. The minimum Gasteiger partial charge on any atom is -0.507 e. The van der Waals surface area contributed by atoms with Gasteiger partial charge in [0, 0.05) is 35.7 Å². The molecule has 30 heavy (non-hydrogen) atoms. The molecule has 2 heterocycles. The first-order valence-corrected chi connectivity index (χ1v) is 9.57. The van der Waals surface area contributed by atoms with Crippen LogP contribution in [0.15, 0.2) is 50.8 Å². The summed E-state index contributed by atoms with van der Waals surface area (Å²) in [4.78, 5) is 25.8. The van der Waals surface area contributed by atoms with E-state index in [1.165, 1.54) is 11.0 Å². The molecule has 8 nitrogen and oxygen atoms in total. The van der Waals surface area contributed by atoms with E-state index in [4.69, 9.17) is 21.3 Å². The van der Waals surface area contributed by atoms with E-state index in [0.717, 1.165) is 6.07 Å². The Morgan fingerprint density at radius 1 is 1.30 bits per heavy atom. The molecule has 1 aromatic heterocycles. The van der Waals surface area contributed by atoms with Crippen molar-refractivity contribution in [2.75, 3.05) is 13.1 Å². The molecule has 2 atom stereocenters. The first kappa shape index (κ1) is 19.9. The van der Waals surface area contributed by atoms with Gasteiger partial charge in [-0.2, -0.15) is 5.26 Å². The summed E-state index contributed by atoms with van der Waals surface area (Å²) in [5.74, 6) is -0.896. The maximum absolute atomic E-state index is 12.8. The number of rotatable bonds is 3. The molecule has 3 aromatic rings. The molecule has 1 unspecified atom stereocenters. The van der Waals surface area contributed by atoms with Crippen molar-refractivity contribution in [1.29, 1.82) is 5.26 Å². The molecule has 0 amide bonds. The number of aromatic hydroxyl groups is 1. The van der Waals surface area contributed by atoms with Gasteiger partial charge >= 0.3 is 0 Å². The van der Waals surface area contributed by atoms with Crippen LogP contribution < -0.4 is 5.43 Å². The quantitative estimate of drug-likeness (QED) is 0.481. The summed E-state index contributed by atoms with van der Waals surface area (Å²) in [6, 6.07) is 9.10. The highest BCUT2D eigenvalue weighted by molar-refractivity contribution is 6.33. The van der Waals surface area contributed by atoms with Gasteiger partial charge in [-0.15, -0.1) is 4.91 Å². The van der Waals surface area contributed by atoms with Gasteiger partial charge in [-0.05, 0) is 23.7 Å². The number of halogens is 1. The minimum atomic E-state index is -0.999. The Hall–Kier alpha value is -3.41. The van der Waals surface area contributed by atoms with E-state index < -0.39 is 23.2 Å². The van der Waals surface area contributed by atoms with E-state index in [-0.39, 0.29) is 34.5 Å². The highest BCUT2D eigenvalue weighted by Crippen LogP contribution is 2.43. The standard InChI is InChI=1S/C21H16ClN3O5/c22-13-4-2-1-3-11(13)18-8-16(27)20-15(26)7-14(24-29)19(21(20)30-18)12-5-6-25(10-23)9-17(12)28/h1-4,7-8,12,17,26,28H,5-6,9H2/t12-,17?/m0/s1. The lowest BCUT2D eigenvalue weighted by Crippen LogP contribution is -2.40. The lowest BCUT2D eigenvalue weighted by atomic mass is 9.85. The van der Waals surface area contributed by atoms with Crippen LogP contribution in [0.1, 0.15) is 17.9 Å². The average molecular weight is 426 g/mol. The van der Waals surface area contributed by atoms with Crippen molar-refractivity contribution in [2.24, 2.45) is 5.18 Å². The molecule has 0 bridgehead atoms. The number of benzene rings is 2. The summed E-state index contributed by atoms with van der Waals surface area (Å²) in [6.45, 7) is 0.420. The number of aliphatic hydroxyl groups excluding tert-OH is 1. The monoisotopic (exact) mass is 425 g/mol. The molecule has 2 N–H and O–H groups in total. The van der Waals surface area contributed by atoms with Gasteiger partial charge in [-0.25, -0.2) is 0 Å². The van der Waals surface area contributed by atoms with Gasteiger partial charge in [-0.1, -0.05) is 23.7 Å². The molecular weight excluding hydrogens is 410 g/mol. The van der Waals surface area contributed by atoms with Crippen LogP contribution >= 0.6 is 11.6 Å². The summed E-state index contributed by atoms with van der Waals surface area (Å²) >= 11 is 6.24. The molecule has 0 spiro atoms. The maximum atomic E-state index is 12.8. The van der Waals surface area contributed by atoms with Gasteiger partial charge < -0.3 is 19.5 Å². The zero-order chi connectivity index (χ0) is 21.4. The fourth-order valence-electron chi connectivity index (χ4n) is 3.91. The molecule has 4 rings (SSSR count). The summed E-state index contributed by atoms with van der Waals surface area (Å²) in [5.41, 5.74) is 0.0172. The minimum absolute atomic E-state index is 0.0264. The van der Waals surface area contributed by atoms with E-state index in [0.29, 0.717) is 23.6 Å². The second-order valence-corrected chi connectivity index (χ2v) is 7.49. The largest absolute Gasteiger partial charge is 0.507 e. The van der Waals surface area contributed by atoms with Crippen LogP contribution in [0.2, 0.25) is 5.02 Å². The lowest BCUT2D eigenvalue weighted by Gasteiger charge is -2.33. The lowest BCUT2D eigenvalue weighted by molar-refractivity contribution is 0.0762. The van der Waals surface area contributed by atoms with Gasteiger partial charge in [-0.3, -0.25) is 4.79 Å². The number of piperidine rings is 1. The molecule has 9 heteroatoms. The first-order chi connectivity index (χ1) is 14.4. The topological polar surface area (TPSA) is 127 Å². The SMILES string of the molecule is N#CN1CC[C@H](c2c(N=O)cc(O)c3c(=O)cc(-c4ccccc4Cl)oc23)C(O)C1. The predicted octanol–water partition coefficient (Wildman–Crippen LogP) is 3.85. The Morgan fingerprint density at radius 2 is 2.07 bits per heavy atom. The number of nitrogens with zero attached hydrogens (tertiary/aromatic N) is 3. The molecule has 2 aromatic carbocycles. The number of nitriles is 1. The van der Waals surface area contributed by atoms with Crippen molar-refractivity contribution in [3.05, 3.63) is 62.1 Å². The van der Waals surface area contributed by atoms with Crippen LogP contribution in [-0.2, 0) is 0 Å². The third-order valence-corrected chi connectivity index (χ3v) is 5.66. The van der Waals surface area contributed by atoms with E-state index in [1.54, 1.807) is 24.3 Å². The smallest absolute Gasteiger partial charge is 0.197 e. The molecule has 0 saturated carbocycles. The van der Waals surface area contributed by atoms with Gasteiger partial charge in [0.05, 0.1) is 17.7 Å².